The van der Waals surface area contributed by atoms with E-state index in [-0.39, 0.29) is 13.8 Å². The van der Waals surface area contributed by atoms with Gasteiger partial charge >= 0.3 is 5.97 Å². The van der Waals surface area contributed by atoms with Gasteiger partial charge in [0.1, 0.15) is 0 Å². The highest BCUT2D eigenvalue weighted by molar-refractivity contribution is 9.11. The lowest BCUT2D eigenvalue weighted by molar-refractivity contribution is -0.136. The smallest absolute Gasteiger partial charge is 0.307 e. The van der Waals surface area contributed by atoms with Crippen LogP contribution in [0.25, 0.3) is 0 Å². The van der Waals surface area contributed by atoms with Crippen LogP contribution in [0.4, 0.5) is 0 Å². The normalized spacial score (nSPS) is 9.36. The van der Waals surface area contributed by atoms with Crippen LogP contribution in [0.5, 0.6) is 0 Å². The van der Waals surface area contributed by atoms with E-state index in [9.17, 15) is 4.79 Å². The highest BCUT2D eigenvalue weighted by atomic mass is 79.9. The third-order valence-electron chi connectivity index (χ3n) is 1.61. The van der Waals surface area contributed by atoms with Gasteiger partial charge in [-0.15, -0.1) is 0 Å². The molecule has 0 aliphatic carbocycles. The lowest BCUT2D eigenvalue weighted by Crippen LogP contribution is -2.02. The third-order valence-corrected chi connectivity index (χ3v) is 3.03. The van der Waals surface area contributed by atoms with E-state index >= 15 is 0 Å². The topological polar surface area (TPSA) is 37.3 Å². The average molecular weight is 324 g/mol. The molecule has 0 radical (unpaired) electrons. The fourth-order valence-corrected chi connectivity index (χ4v) is 2.75. The number of aryl methyl sites for hydroxylation is 1. The summed E-state index contributed by atoms with van der Waals surface area (Å²) in [7, 11) is 0. The molecular formula is C10H12Br2O2. The number of carboxylic acids is 1. The predicted molar refractivity (Wildman–Crippen MR) is 64.6 cm³/mol. The second-order valence-electron chi connectivity index (χ2n) is 2.78. The lowest BCUT2D eigenvalue weighted by atomic mass is 10.1. The number of carbonyl (C=O) groups is 1. The molecule has 0 atom stereocenters. The van der Waals surface area contributed by atoms with Gasteiger partial charge in [0.05, 0.1) is 6.42 Å². The molecule has 0 saturated carbocycles. The zero-order chi connectivity index (χ0) is 10.0. The summed E-state index contributed by atoms with van der Waals surface area (Å²) >= 11 is 6.67. The first-order valence-electron chi connectivity index (χ1n) is 3.67. The zero-order valence-electron chi connectivity index (χ0n) is 6.97. The predicted octanol–water partition coefficient (Wildman–Crippen LogP) is 3.78. The van der Waals surface area contributed by atoms with Crippen molar-refractivity contribution in [1.82, 2.24) is 0 Å². The second kappa shape index (κ2) is 5.51. The summed E-state index contributed by atoms with van der Waals surface area (Å²) < 4.78 is 1.67. The molecule has 0 fully saturated rings. The molecule has 0 bridgehead atoms. The van der Waals surface area contributed by atoms with Crippen molar-refractivity contribution in [1.29, 1.82) is 0 Å². The Hall–Kier alpha value is -0.350. The largest absolute Gasteiger partial charge is 0.481 e. The van der Waals surface area contributed by atoms with Gasteiger partial charge in [0, 0.05) is 8.95 Å². The van der Waals surface area contributed by atoms with Gasteiger partial charge in [-0.25, -0.2) is 0 Å². The van der Waals surface area contributed by atoms with Crippen LogP contribution in [-0.4, -0.2) is 11.1 Å². The van der Waals surface area contributed by atoms with Crippen molar-refractivity contribution < 1.29 is 9.90 Å². The lowest BCUT2D eigenvalue weighted by Gasteiger charge is -2.05. The molecule has 0 aliphatic rings. The number of aliphatic carboxylic acids is 1. The van der Waals surface area contributed by atoms with Gasteiger partial charge in [0.2, 0.25) is 0 Å². The van der Waals surface area contributed by atoms with Crippen molar-refractivity contribution in [3.05, 3.63) is 32.2 Å². The molecule has 4 heteroatoms. The Kier molecular flexibility index (Phi) is 5.37. The van der Waals surface area contributed by atoms with Gasteiger partial charge in [-0.1, -0.05) is 39.3 Å². The molecule has 0 spiro atoms. The van der Waals surface area contributed by atoms with E-state index in [1.54, 1.807) is 0 Å². The molecule has 0 unspecified atom stereocenters. The highest BCUT2D eigenvalue weighted by Gasteiger charge is 2.09. The molecular weight excluding hydrogens is 312 g/mol. The van der Waals surface area contributed by atoms with Crippen molar-refractivity contribution in [3.8, 4) is 0 Å². The van der Waals surface area contributed by atoms with Crippen molar-refractivity contribution in [2.45, 2.75) is 20.8 Å². The summed E-state index contributed by atoms with van der Waals surface area (Å²) in [6.45, 7) is 1.96. The van der Waals surface area contributed by atoms with Crippen LogP contribution in [0.3, 0.4) is 0 Å². The summed E-state index contributed by atoms with van der Waals surface area (Å²) in [4.78, 5) is 10.5. The standard InChI is InChI=1S/C9H8Br2O2.CH4/c1-5-2-7(10)6(4-9(12)13)8(11)3-5;/h2-3H,4H2,1H3,(H,12,13);1H4. The molecule has 0 saturated heterocycles. The summed E-state index contributed by atoms with van der Waals surface area (Å²) in [6, 6.07) is 3.81. The van der Waals surface area contributed by atoms with Crippen molar-refractivity contribution in [2.24, 2.45) is 0 Å². The molecule has 1 N–H and O–H groups in total. The van der Waals surface area contributed by atoms with Gasteiger partial charge in [-0.3, -0.25) is 4.79 Å². The minimum Gasteiger partial charge on any atom is -0.481 e. The quantitative estimate of drug-likeness (QED) is 0.899. The Balaban J connectivity index is 0.00000169. The van der Waals surface area contributed by atoms with E-state index in [0.29, 0.717) is 0 Å². The van der Waals surface area contributed by atoms with Crippen LogP contribution in [-0.2, 0) is 11.2 Å². The number of rotatable bonds is 2. The first-order valence-corrected chi connectivity index (χ1v) is 5.25. The van der Waals surface area contributed by atoms with E-state index in [4.69, 9.17) is 5.11 Å². The maximum absolute atomic E-state index is 10.5. The fraction of sp³-hybridized carbons (Fsp3) is 0.300. The Labute approximate surface area is 101 Å². The average Bonchev–Trinajstić information content (AvgIpc) is 1.96. The summed E-state index contributed by atoms with van der Waals surface area (Å²) in [5.74, 6) is -0.828. The number of carboxylic acid groups (broad SMARTS) is 1. The van der Waals surface area contributed by atoms with Crippen LogP contribution in [0.1, 0.15) is 18.6 Å². The van der Waals surface area contributed by atoms with Gasteiger partial charge in [-0.05, 0) is 30.2 Å². The Morgan fingerprint density at radius 3 is 2.14 bits per heavy atom. The van der Waals surface area contributed by atoms with E-state index in [0.717, 1.165) is 20.1 Å². The summed E-state index contributed by atoms with van der Waals surface area (Å²) in [6.07, 6.45) is 0.0292. The van der Waals surface area contributed by atoms with E-state index in [2.05, 4.69) is 31.9 Å². The fourth-order valence-electron chi connectivity index (χ4n) is 1.05. The van der Waals surface area contributed by atoms with Crippen LogP contribution in [0.2, 0.25) is 0 Å². The van der Waals surface area contributed by atoms with Crippen molar-refractivity contribution >= 4 is 37.8 Å². The molecule has 0 aliphatic heterocycles. The van der Waals surface area contributed by atoms with Gasteiger partial charge in [0.25, 0.3) is 0 Å². The Bertz CT molecular complexity index is 325. The van der Waals surface area contributed by atoms with Gasteiger partial charge < -0.3 is 5.11 Å². The third kappa shape index (κ3) is 3.42. The highest BCUT2D eigenvalue weighted by Crippen LogP contribution is 2.27. The maximum atomic E-state index is 10.5. The van der Waals surface area contributed by atoms with Crippen LogP contribution >= 0.6 is 31.9 Å². The van der Waals surface area contributed by atoms with Crippen LogP contribution in [0, 0.1) is 6.92 Å². The maximum Gasteiger partial charge on any atom is 0.307 e. The number of benzene rings is 1. The van der Waals surface area contributed by atoms with Gasteiger partial charge in [0.15, 0.2) is 0 Å². The SMILES string of the molecule is C.Cc1cc(Br)c(CC(=O)O)c(Br)c1. The van der Waals surface area contributed by atoms with Gasteiger partial charge in [-0.2, -0.15) is 0 Å². The molecule has 78 valence electrons. The molecule has 1 rings (SSSR count). The number of hydrogen-bond acceptors (Lipinski definition) is 1. The monoisotopic (exact) mass is 322 g/mol. The number of hydrogen-bond donors (Lipinski definition) is 1. The molecule has 0 amide bonds. The van der Waals surface area contributed by atoms with E-state index in [1.807, 2.05) is 19.1 Å². The van der Waals surface area contributed by atoms with E-state index in [1.165, 1.54) is 0 Å². The molecule has 2 nitrogen and oxygen atoms in total. The van der Waals surface area contributed by atoms with Crippen molar-refractivity contribution in [3.63, 3.8) is 0 Å². The second-order valence-corrected chi connectivity index (χ2v) is 4.49. The molecule has 0 aromatic heterocycles. The summed E-state index contributed by atoms with van der Waals surface area (Å²) in [5, 5.41) is 8.64. The zero-order valence-corrected chi connectivity index (χ0v) is 10.1. The van der Waals surface area contributed by atoms with E-state index < -0.39 is 5.97 Å². The molecule has 14 heavy (non-hydrogen) atoms. The first kappa shape index (κ1) is 13.7. The number of halogens is 2. The Morgan fingerprint density at radius 2 is 1.79 bits per heavy atom. The minimum absolute atomic E-state index is 0. The molecule has 0 heterocycles. The van der Waals surface area contributed by atoms with Crippen molar-refractivity contribution in [2.75, 3.05) is 0 Å². The first-order chi connectivity index (χ1) is 6.00. The van der Waals surface area contributed by atoms with Crippen LogP contribution < -0.4 is 0 Å². The minimum atomic E-state index is -0.828. The van der Waals surface area contributed by atoms with Crippen LogP contribution in [0.15, 0.2) is 21.1 Å². The summed E-state index contributed by atoms with van der Waals surface area (Å²) in [5.41, 5.74) is 1.87. The Morgan fingerprint density at radius 1 is 1.36 bits per heavy atom. The molecule has 1 aromatic rings. The molecule has 1 aromatic carbocycles.